The molecule has 2 aliphatic carbocycles. The number of thiazole rings is 1. The Bertz CT molecular complexity index is 1240. The van der Waals surface area contributed by atoms with Crippen molar-refractivity contribution < 1.29 is 24.2 Å². The van der Waals surface area contributed by atoms with Gasteiger partial charge in [0.2, 0.25) is 5.91 Å². The van der Waals surface area contributed by atoms with E-state index in [0.717, 1.165) is 22.3 Å². The largest absolute Gasteiger partial charge is 0.479 e. The lowest BCUT2D eigenvalue weighted by atomic mass is 9.98. The number of carbonyl (C=O) groups excluding carboxylic acids is 2. The Morgan fingerprint density at radius 3 is 2.32 bits per heavy atom. The maximum absolute atomic E-state index is 12.5. The number of hydrogen-bond acceptors (Lipinski definition) is 6. The van der Waals surface area contributed by atoms with E-state index in [1.54, 1.807) is 5.38 Å². The molecule has 1 saturated carbocycles. The van der Waals surface area contributed by atoms with E-state index in [-0.39, 0.29) is 24.9 Å². The molecule has 0 saturated heterocycles. The quantitative estimate of drug-likeness (QED) is 0.530. The van der Waals surface area contributed by atoms with Crippen LogP contribution in [0.3, 0.4) is 0 Å². The molecular weight excluding hydrogens is 454 g/mol. The van der Waals surface area contributed by atoms with Crippen molar-refractivity contribution in [2.75, 3.05) is 19.0 Å². The lowest BCUT2D eigenvalue weighted by Gasteiger charge is -2.24. The second-order valence-corrected chi connectivity index (χ2v) is 9.42. The van der Waals surface area contributed by atoms with E-state index in [1.165, 1.54) is 23.3 Å². The van der Waals surface area contributed by atoms with Gasteiger partial charge in [-0.2, -0.15) is 0 Å². The summed E-state index contributed by atoms with van der Waals surface area (Å²) >= 11 is 1.19. The third kappa shape index (κ3) is 3.92. The van der Waals surface area contributed by atoms with Crippen molar-refractivity contribution in [2.45, 2.75) is 30.7 Å². The smallest absolute Gasteiger partial charge is 0.413 e. The van der Waals surface area contributed by atoms with E-state index < -0.39 is 17.6 Å². The molecule has 3 aromatic rings. The van der Waals surface area contributed by atoms with Crippen molar-refractivity contribution in [2.24, 2.45) is 0 Å². The van der Waals surface area contributed by atoms with Gasteiger partial charge in [0.1, 0.15) is 12.1 Å². The number of nitrogens with one attached hydrogen (secondary N) is 1. The average Bonchev–Trinajstić information content (AvgIpc) is 3.45. The second-order valence-electron chi connectivity index (χ2n) is 8.56. The monoisotopic (exact) mass is 477 g/mol. The molecule has 1 heterocycles. The van der Waals surface area contributed by atoms with E-state index in [1.807, 2.05) is 24.3 Å². The van der Waals surface area contributed by atoms with Crippen LogP contribution in [-0.2, 0) is 20.7 Å². The Balaban J connectivity index is 1.18. The van der Waals surface area contributed by atoms with Crippen LogP contribution in [0.1, 0.15) is 35.6 Å². The van der Waals surface area contributed by atoms with Crippen LogP contribution in [0.2, 0.25) is 0 Å². The first-order chi connectivity index (χ1) is 16.4. The maximum Gasteiger partial charge on any atom is 0.413 e. The number of nitrogens with zero attached hydrogens (tertiary/aromatic N) is 2. The number of carbonyl (C=O) groups is 3. The van der Waals surface area contributed by atoms with Crippen LogP contribution in [0.15, 0.2) is 53.9 Å². The maximum atomic E-state index is 12.5. The molecule has 0 radical (unpaired) electrons. The van der Waals surface area contributed by atoms with Gasteiger partial charge < -0.3 is 14.7 Å². The summed E-state index contributed by atoms with van der Waals surface area (Å²) in [6.45, 7) is 0.193. The number of ether oxygens (including phenoxy) is 1. The van der Waals surface area contributed by atoms with Crippen LogP contribution >= 0.6 is 11.3 Å². The van der Waals surface area contributed by atoms with Gasteiger partial charge in [0, 0.05) is 18.3 Å². The molecule has 0 spiro atoms. The van der Waals surface area contributed by atoms with Crippen molar-refractivity contribution >= 4 is 34.4 Å². The van der Waals surface area contributed by atoms with Crippen molar-refractivity contribution in [3.63, 3.8) is 0 Å². The van der Waals surface area contributed by atoms with E-state index in [9.17, 15) is 19.5 Å². The first-order valence-electron chi connectivity index (χ1n) is 11.0. The Morgan fingerprint density at radius 1 is 1.12 bits per heavy atom. The molecule has 0 bridgehead atoms. The molecule has 0 atom stereocenters. The molecule has 0 aliphatic heterocycles. The number of amides is 2. The summed E-state index contributed by atoms with van der Waals surface area (Å²) in [5.74, 6) is -1.35. The van der Waals surface area contributed by atoms with Gasteiger partial charge in [-0.25, -0.2) is 14.6 Å². The minimum atomic E-state index is -1.09. The summed E-state index contributed by atoms with van der Waals surface area (Å²) in [4.78, 5) is 41.9. The number of fused-ring (bicyclic) bond motifs is 3. The summed E-state index contributed by atoms with van der Waals surface area (Å²) in [6.07, 6.45) is 0.259. The van der Waals surface area contributed by atoms with Gasteiger partial charge >= 0.3 is 12.1 Å². The predicted molar refractivity (Wildman–Crippen MR) is 127 cm³/mol. The Kier molecular flexibility index (Phi) is 5.57. The minimum Gasteiger partial charge on any atom is -0.479 e. The van der Waals surface area contributed by atoms with Crippen LogP contribution < -0.4 is 5.32 Å². The van der Waals surface area contributed by atoms with Gasteiger partial charge in [0.05, 0.1) is 12.1 Å². The average molecular weight is 478 g/mol. The Labute approximate surface area is 200 Å². The number of aliphatic carboxylic acids is 1. The number of carboxylic acids is 1. The van der Waals surface area contributed by atoms with Gasteiger partial charge in [0.15, 0.2) is 5.13 Å². The lowest BCUT2D eigenvalue weighted by Crippen LogP contribution is -2.45. The van der Waals surface area contributed by atoms with Crippen LogP contribution in [0.25, 0.3) is 11.1 Å². The molecule has 174 valence electrons. The van der Waals surface area contributed by atoms with Crippen LogP contribution in [0.4, 0.5) is 9.93 Å². The fourth-order valence-electron chi connectivity index (χ4n) is 4.49. The molecule has 2 aliphatic rings. The van der Waals surface area contributed by atoms with Gasteiger partial charge in [-0.15, -0.1) is 11.3 Å². The first-order valence-corrected chi connectivity index (χ1v) is 11.8. The highest BCUT2D eigenvalue weighted by Crippen LogP contribution is 2.44. The summed E-state index contributed by atoms with van der Waals surface area (Å²) in [5.41, 5.74) is 3.95. The molecule has 0 unspecified atom stereocenters. The highest BCUT2D eigenvalue weighted by Gasteiger charge is 2.55. The molecule has 2 aromatic carbocycles. The number of anilines is 1. The summed E-state index contributed by atoms with van der Waals surface area (Å²) < 4.78 is 5.53. The molecular formula is C25H23N3O5S. The normalized spacial score (nSPS) is 15.2. The molecule has 9 heteroatoms. The fourth-order valence-corrected chi connectivity index (χ4v) is 5.19. The van der Waals surface area contributed by atoms with Crippen LogP contribution in [-0.4, -0.2) is 52.2 Å². The van der Waals surface area contributed by atoms with Crippen LogP contribution in [0, 0.1) is 0 Å². The zero-order valence-electron chi connectivity index (χ0n) is 18.5. The summed E-state index contributed by atoms with van der Waals surface area (Å²) in [5, 5.41) is 14.0. The van der Waals surface area contributed by atoms with Gasteiger partial charge in [-0.3, -0.25) is 10.1 Å². The molecule has 2 N–H and O–H groups in total. The highest BCUT2D eigenvalue weighted by atomic mass is 32.1. The number of likely N-dealkylation sites (N-methyl/N-ethyl adjacent to an activating group) is 1. The van der Waals surface area contributed by atoms with E-state index in [4.69, 9.17) is 4.74 Å². The highest BCUT2D eigenvalue weighted by molar-refractivity contribution is 7.13. The third-order valence-corrected chi connectivity index (χ3v) is 7.38. The standard InChI is InChI=1S/C25H23N3O5S/c1-28(25(10-11-25)22(30)31)21(29)12-15-14-34-23(26-15)27-24(32)33-13-20-18-8-4-2-6-16(18)17-7-3-5-9-19(17)20/h2-9,14,20H,10-13H2,1H3,(H,30,31)(H,26,27,32). The minimum absolute atomic E-state index is 0.0333. The SMILES string of the molecule is CN(C(=O)Cc1csc(NC(=O)OCC2c3ccccc3-c3ccccc32)n1)C1(C(=O)O)CC1. The number of hydrogen-bond donors (Lipinski definition) is 2. The van der Waals surface area contributed by atoms with E-state index in [2.05, 4.69) is 34.6 Å². The summed E-state index contributed by atoms with van der Waals surface area (Å²) in [7, 11) is 1.51. The zero-order chi connectivity index (χ0) is 23.9. The lowest BCUT2D eigenvalue weighted by molar-refractivity contribution is -0.150. The van der Waals surface area contributed by atoms with Gasteiger partial charge in [-0.1, -0.05) is 48.5 Å². The Hall–Kier alpha value is -3.72. The molecule has 2 amide bonds. The molecule has 1 fully saturated rings. The third-order valence-electron chi connectivity index (χ3n) is 6.57. The van der Waals surface area contributed by atoms with Gasteiger partial charge in [-0.05, 0) is 35.1 Å². The number of rotatable bonds is 7. The number of carboxylic acid groups (broad SMARTS) is 1. The van der Waals surface area contributed by atoms with Crippen molar-refractivity contribution in [1.29, 1.82) is 0 Å². The Morgan fingerprint density at radius 2 is 1.74 bits per heavy atom. The molecule has 34 heavy (non-hydrogen) atoms. The number of aromatic nitrogens is 1. The zero-order valence-corrected chi connectivity index (χ0v) is 19.3. The first kappa shape index (κ1) is 22.1. The molecule has 8 nitrogen and oxygen atoms in total. The van der Waals surface area contributed by atoms with Gasteiger partial charge in [0.25, 0.3) is 0 Å². The van der Waals surface area contributed by atoms with Crippen LogP contribution in [0.5, 0.6) is 0 Å². The topological polar surface area (TPSA) is 109 Å². The predicted octanol–water partition coefficient (Wildman–Crippen LogP) is 4.12. The molecule has 5 rings (SSSR count). The number of benzene rings is 2. The molecule has 1 aromatic heterocycles. The second kappa shape index (κ2) is 8.57. The summed E-state index contributed by atoms with van der Waals surface area (Å²) in [6, 6.07) is 16.2. The fraction of sp³-hybridized carbons (Fsp3) is 0.280. The van der Waals surface area contributed by atoms with E-state index >= 15 is 0 Å². The van der Waals surface area contributed by atoms with Crippen molar-refractivity contribution in [3.8, 4) is 11.1 Å². The van der Waals surface area contributed by atoms with Crippen molar-refractivity contribution in [1.82, 2.24) is 9.88 Å². The van der Waals surface area contributed by atoms with Crippen molar-refractivity contribution in [3.05, 3.63) is 70.7 Å². The van der Waals surface area contributed by atoms with E-state index in [0.29, 0.717) is 23.7 Å².